The summed E-state index contributed by atoms with van der Waals surface area (Å²) in [6.07, 6.45) is 2.97. The predicted octanol–water partition coefficient (Wildman–Crippen LogP) is -0.404. The standard InChI is InChI=1S/C11H22N2O3/c1-16-9-7-13(6-8-14)11(15)4-5-12-10-2-3-10/h10,12,14H,2-9H2,1H3. The van der Waals surface area contributed by atoms with Gasteiger partial charge in [0.1, 0.15) is 0 Å². The quantitative estimate of drug-likeness (QED) is 0.565. The fraction of sp³-hybridized carbons (Fsp3) is 0.909. The van der Waals surface area contributed by atoms with Gasteiger partial charge in [0, 0.05) is 39.2 Å². The molecule has 1 rings (SSSR count). The number of hydrogen-bond donors (Lipinski definition) is 2. The fourth-order valence-electron chi connectivity index (χ4n) is 1.51. The van der Waals surface area contributed by atoms with Crippen molar-refractivity contribution < 1.29 is 14.6 Å². The van der Waals surface area contributed by atoms with E-state index in [2.05, 4.69) is 5.32 Å². The summed E-state index contributed by atoms with van der Waals surface area (Å²) in [5, 5.41) is 12.2. The number of methoxy groups -OCH3 is 1. The monoisotopic (exact) mass is 230 g/mol. The molecule has 5 nitrogen and oxygen atoms in total. The predicted molar refractivity (Wildman–Crippen MR) is 61.2 cm³/mol. The highest BCUT2D eigenvalue weighted by atomic mass is 16.5. The van der Waals surface area contributed by atoms with E-state index < -0.39 is 0 Å². The molecule has 0 aromatic heterocycles. The molecule has 5 heteroatoms. The average molecular weight is 230 g/mol. The van der Waals surface area contributed by atoms with Crippen LogP contribution in [0.2, 0.25) is 0 Å². The zero-order valence-electron chi connectivity index (χ0n) is 9.95. The molecule has 0 aromatic rings. The lowest BCUT2D eigenvalue weighted by Crippen LogP contribution is -2.37. The Morgan fingerprint density at radius 1 is 1.50 bits per heavy atom. The maximum Gasteiger partial charge on any atom is 0.224 e. The molecular weight excluding hydrogens is 208 g/mol. The molecule has 2 N–H and O–H groups in total. The first kappa shape index (κ1) is 13.4. The number of carbonyl (C=O) groups excluding carboxylic acids is 1. The van der Waals surface area contributed by atoms with Crippen molar-refractivity contribution in [2.45, 2.75) is 25.3 Å². The van der Waals surface area contributed by atoms with Crippen LogP contribution in [0.1, 0.15) is 19.3 Å². The number of ether oxygens (including phenoxy) is 1. The molecule has 0 bridgehead atoms. The van der Waals surface area contributed by atoms with Crippen molar-refractivity contribution in [2.24, 2.45) is 0 Å². The van der Waals surface area contributed by atoms with Crippen LogP contribution in [0.25, 0.3) is 0 Å². The van der Waals surface area contributed by atoms with Gasteiger partial charge in [0.25, 0.3) is 0 Å². The van der Waals surface area contributed by atoms with E-state index in [0.29, 0.717) is 32.2 Å². The summed E-state index contributed by atoms with van der Waals surface area (Å²) in [5.41, 5.74) is 0. The molecule has 16 heavy (non-hydrogen) atoms. The molecule has 0 spiro atoms. The van der Waals surface area contributed by atoms with Gasteiger partial charge in [0.2, 0.25) is 5.91 Å². The van der Waals surface area contributed by atoms with Crippen LogP contribution in [-0.4, -0.2) is 61.9 Å². The molecule has 0 aliphatic heterocycles. The Kier molecular flexibility index (Phi) is 6.37. The molecule has 1 aliphatic rings. The highest BCUT2D eigenvalue weighted by Gasteiger charge is 2.20. The lowest BCUT2D eigenvalue weighted by Gasteiger charge is -2.21. The summed E-state index contributed by atoms with van der Waals surface area (Å²) < 4.78 is 4.93. The van der Waals surface area contributed by atoms with Crippen molar-refractivity contribution >= 4 is 5.91 Å². The van der Waals surface area contributed by atoms with E-state index in [9.17, 15) is 4.79 Å². The maximum atomic E-state index is 11.8. The Bertz CT molecular complexity index is 207. The van der Waals surface area contributed by atoms with E-state index in [0.717, 1.165) is 6.54 Å². The fourth-order valence-corrected chi connectivity index (χ4v) is 1.51. The molecule has 0 atom stereocenters. The Morgan fingerprint density at radius 2 is 2.25 bits per heavy atom. The van der Waals surface area contributed by atoms with E-state index >= 15 is 0 Å². The second kappa shape index (κ2) is 7.60. The largest absolute Gasteiger partial charge is 0.395 e. The Balaban J connectivity index is 2.15. The van der Waals surface area contributed by atoms with Crippen LogP contribution in [0, 0.1) is 0 Å². The second-order valence-electron chi connectivity index (χ2n) is 4.08. The number of hydrogen-bond acceptors (Lipinski definition) is 4. The van der Waals surface area contributed by atoms with Gasteiger partial charge in [-0.2, -0.15) is 0 Å². The molecule has 94 valence electrons. The van der Waals surface area contributed by atoms with E-state index in [1.165, 1.54) is 12.8 Å². The van der Waals surface area contributed by atoms with Crippen molar-refractivity contribution in [3.05, 3.63) is 0 Å². The third kappa shape index (κ3) is 5.44. The zero-order chi connectivity index (χ0) is 11.8. The highest BCUT2D eigenvalue weighted by Crippen LogP contribution is 2.18. The van der Waals surface area contributed by atoms with Gasteiger partial charge in [0.15, 0.2) is 0 Å². The normalized spacial score (nSPS) is 15.1. The van der Waals surface area contributed by atoms with Crippen LogP contribution < -0.4 is 5.32 Å². The summed E-state index contributed by atoms with van der Waals surface area (Å²) in [6, 6.07) is 0.637. The molecule has 1 fully saturated rings. The molecule has 0 heterocycles. The van der Waals surface area contributed by atoms with E-state index in [4.69, 9.17) is 9.84 Å². The summed E-state index contributed by atoms with van der Waals surface area (Å²) in [6.45, 7) is 2.21. The third-order valence-electron chi connectivity index (χ3n) is 2.64. The third-order valence-corrected chi connectivity index (χ3v) is 2.64. The SMILES string of the molecule is COCCN(CCO)C(=O)CCNC1CC1. The number of rotatable bonds is 9. The van der Waals surface area contributed by atoms with Gasteiger partial charge >= 0.3 is 0 Å². The average Bonchev–Trinajstić information content (AvgIpc) is 3.08. The molecular formula is C11H22N2O3. The number of carbonyl (C=O) groups is 1. The topological polar surface area (TPSA) is 61.8 Å². The number of nitrogens with one attached hydrogen (secondary N) is 1. The summed E-state index contributed by atoms with van der Waals surface area (Å²) >= 11 is 0. The highest BCUT2D eigenvalue weighted by molar-refractivity contribution is 5.76. The molecule has 1 saturated carbocycles. The van der Waals surface area contributed by atoms with Crippen LogP contribution in [0.5, 0.6) is 0 Å². The minimum Gasteiger partial charge on any atom is -0.395 e. The van der Waals surface area contributed by atoms with Gasteiger partial charge in [-0.1, -0.05) is 0 Å². The zero-order valence-corrected chi connectivity index (χ0v) is 9.95. The van der Waals surface area contributed by atoms with Gasteiger partial charge in [-0.25, -0.2) is 0 Å². The first-order valence-corrected chi connectivity index (χ1v) is 5.89. The Morgan fingerprint density at radius 3 is 2.81 bits per heavy atom. The first-order chi connectivity index (χ1) is 7.77. The summed E-state index contributed by atoms with van der Waals surface area (Å²) in [4.78, 5) is 13.4. The Hall–Kier alpha value is -0.650. The lowest BCUT2D eigenvalue weighted by molar-refractivity contribution is -0.132. The van der Waals surface area contributed by atoms with Gasteiger partial charge in [0.05, 0.1) is 13.2 Å². The molecule has 0 unspecified atom stereocenters. The van der Waals surface area contributed by atoms with Crippen LogP contribution in [-0.2, 0) is 9.53 Å². The first-order valence-electron chi connectivity index (χ1n) is 5.89. The van der Waals surface area contributed by atoms with Crippen LogP contribution in [0.3, 0.4) is 0 Å². The lowest BCUT2D eigenvalue weighted by atomic mass is 10.3. The van der Waals surface area contributed by atoms with Crippen molar-refractivity contribution in [1.29, 1.82) is 0 Å². The minimum atomic E-state index is 0.00546. The van der Waals surface area contributed by atoms with Gasteiger partial charge in [-0.05, 0) is 12.8 Å². The van der Waals surface area contributed by atoms with Crippen molar-refractivity contribution in [1.82, 2.24) is 10.2 Å². The molecule has 0 saturated heterocycles. The van der Waals surface area contributed by atoms with E-state index in [1.54, 1.807) is 12.0 Å². The van der Waals surface area contributed by atoms with Crippen LogP contribution >= 0.6 is 0 Å². The van der Waals surface area contributed by atoms with E-state index in [-0.39, 0.29) is 12.5 Å². The van der Waals surface area contributed by atoms with Crippen LogP contribution in [0.4, 0.5) is 0 Å². The smallest absolute Gasteiger partial charge is 0.224 e. The minimum absolute atomic E-state index is 0.00546. The number of nitrogens with zero attached hydrogens (tertiary/aromatic N) is 1. The van der Waals surface area contributed by atoms with Gasteiger partial charge in [-0.3, -0.25) is 4.79 Å². The van der Waals surface area contributed by atoms with Crippen molar-refractivity contribution in [2.75, 3.05) is 40.0 Å². The molecule has 1 aliphatic carbocycles. The van der Waals surface area contributed by atoms with Crippen molar-refractivity contribution in [3.63, 3.8) is 0 Å². The van der Waals surface area contributed by atoms with Gasteiger partial charge < -0.3 is 20.1 Å². The molecule has 0 radical (unpaired) electrons. The second-order valence-corrected chi connectivity index (χ2v) is 4.08. The summed E-state index contributed by atoms with van der Waals surface area (Å²) in [7, 11) is 1.61. The van der Waals surface area contributed by atoms with Crippen LogP contribution in [0.15, 0.2) is 0 Å². The van der Waals surface area contributed by atoms with Crippen molar-refractivity contribution in [3.8, 4) is 0 Å². The number of amides is 1. The molecule has 0 aromatic carbocycles. The Labute approximate surface area is 96.8 Å². The number of aliphatic hydroxyl groups is 1. The maximum absolute atomic E-state index is 11.8. The summed E-state index contributed by atoms with van der Waals surface area (Å²) in [5.74, 6) is 0.0826. The van der Waals surface area contributed by atoms with Gasteiger partial charge in [-0.15, -0.1) is 0 Å². The van der Waals surface area contributed by atoms with E-state index in [1.807, 2.05) is 0 Å². The number of aliphatic hydroxyl groups excluding tert-OH is 1. The molecule has 1 amide bonds.